The zero-order chi connectivity index (χ0) is 13.7. The molecule has 2 heterocycles. The normalized spacial score (nSPS) is 10.5. The lowest BCUT2D eigenvalue weighted by molar-refractivity contribution is 0.993. The van der Waals surface area contributed by atoms with Crippen molar-refractivity contribution in [1.82, 2.24) is 15.0 Å². The van der Waals surface area contributed by atoms with Gasteiger partial charge in [-0.2, -0.15) is 15.0 Å². The average Bonchev–Trinajstić information content (AvgIpc) is 2.84. The Labute approximate surface area is 121 Å². The first-order valence-electron chi connectivity index (χ1n) is 6.18. The summed E-state index contributed by atoms with van der Waals surface area (Å²) in [5.74, 6) is 0.979. The van der Waals surface area contributed by atoms with Gasteiger partial charge >= 0.3 is 0 Å². The Hall–Kier alpha value is -1.40. The van der Waals surface area contributed by atoms with Crippen LogP contribution in [0.4, 0.5) is 11.9 Å². The minimum Gasteiger partial charge on any atom is -0.354 e. The van der Waals surface area contributed by atoms with Crippen molar-refractivity contribution in [3.8, 4) is 0 Å². The minimum atomic E-state index is 0.189. The van der Waals surface area contributed by atoms with Crippen molar-refractivity contribution in [3.63, 3.8) is 0 Å². The van der Waals surface area contributed by atoms with Crippen LogP contribution in [0.5, 0.6) is 0 Å². The van der Waals surface area contributed by atoms with Gasteiger partial charge in [-0.25, -0.2) is 0 Å². The van der Waals surface area contributed by atoms with Crippen LogP contribution in [-0.2, 0) is 13.0 Å². The van der Waals surface area contributed by atoms with Crippen LogP contribution in [0.25, 0.3) is 0 Å². The van der Waals surface area contributed by atoms with E-state index in [1.54, 1.807) is 11.3 Å². The van der Waals surface area contributed by atoms with Gasteiger partial charge in [0.15, 0.2) is 0 Å². The molecule has 0 aliphatic carbocycles. The first-order valence-corrected chi connectivity index (χ1v) is 7.37. The fourth-order valence-corrected chi connectivity index (χ4v) is 2.60. The molecule has 0 aliphatic rings. The van der Waals surface area contributed by atoms with Gasteiger partial charge in [0.05, 0.1) is 6.54 Å². The van der Waals surface area contributed by atoms with Gasteiger partial charge in [0.2, 0.25) is 17.2 Å². The fourth-order valence-electron chi connectivity index (χ4n) is 1.54. The standard InChI is InChI=1S/C12H16ClN5S/c1-3-8-5-6-9(19-8)7-15-12-17-10(13)16-11(18-12)14-4-2/h5-6H,3-4,7H2,1-2H3,(H2,14,15,16,17,18). The highest BCUT2D eigenvalue weighted by Gasteiger charge is 2.05. The fraction of sp³-hybridized carbons (Fsp3) is 0.417. The Kier molecular flexibility index (Phi) is 4.93. The van der Waals surface area contributed by atoms with Crippen LogP contribution in [0.3, 0.4) is 0 Å². The Bertz CT molecular complexity index is 543. The molecule has 2 N–H and O–H groups in total. The van der Waals surface area contributed by atoms with E-state index in [1.165, 1.54) is 9.75 Å². The van der Waals surface area contributed by atoms with Gasteiger partial charge in [-0.15, -0.1) is 11.3 Å². The highest BCUT2D eigenvalue weighted by atomic mass is 35.5. The lowest BCUT2D eigenvalue weighted by Crippen LogP contribution is -2.08. The number of hydrogen-bond donors (Lipinski definition) is 2. The third kappa shape index (κ3) is 4.04. The molecule has 2 aromatic rings. The molecule has 0 saturated heterocycles. The smallest absolute Gasteiger partial charge is 0.229 e. The number of nitrogens with one attached hydrogen (secondary N) is 2. The predicted octanol–water partition coefficient (Wildman–Crippen LogP) is 3.19. The molecule has 0 saturated carbocycles. The van der Waals surface area contributed by atoms with Crippen molar-refractivity contribution in [2.45, 2.75) is 26.8 Å². The highest BCUT2D eigenvalue weighted by Crippen LogP contribution is 2.18. The lowest BCUT2D eigenvalue weighted by Gasteiger charge is -2.06. The maximum Gasteiger partial charge on any atom is 0.229 e. The van der Waals surface area contributed by atoms with Crippen LogP contribution in [-0.4, -0.2) is 21.5 Å². The van der Waals surface area contributed by atoms with Gasteiger partial charge < -0.3 is 10.6 Å². The van der Waals surface area contributed by atoms with Crippen molar-refractivity contribution in [3.05, 3.63) is 27.2 Å². The number of aromatic nitrogens is 3. The number of anilines is 2. The van der Waals surface area contributed by atoms with E-state index >= 15 is 0 Å². The minimum absolute atomic E-state index is 0.189. The van der Waals surface area contributed by atoms with Crippen LogP contribution < -0.4 is 10.6 Å². The van der Waals surface area contributed by atoms with Gasteiger partial charge in [-0.3, -0.25) is 0 Å². The maximum absolute atomic E-state index is 5.85. The molecule has 19 heavy (non-hydrogen) atoms. The van der Waals surface area contributed by atoms with Crippen molar-refractivity contribution in [1.29, 1.82) is 0 Å². The van der Waals surface area contributed by atoms with E-state index in [2.05, 4.69) is 44.6 Å². The van der Waals surface area contributed by atoms with E-state index in [0.29, 0.717) is 18.4 Å². The predicted molar refractivity (Wildman–Crippen MR) is 80.0 cm³/mol. The second-order valence-corrected chi connectivity index (χ2v) is 5.45. The quantitative estimate of drug-likeness (QED) is 0.857. The Morgan fingerprint density at radius 2 is 1.74 bits per heavy atom. The van der Waals surface area contributed by atoms with Crippen molar-refractivity contribution in [2.75, 3.05) is 17.2 Å². The van der Waals surface area contributed by atoms with Crippen molar-refractivity contribution < 1.29 is 0 Å². The third-order valence-electron chi connectivity index (χ3n) is 2.43. The Morgan fingerprint density at radius 1 is 1.05 bits per heavy atom. The summed E-state index contributed by atoms with van der Waals surface area (Å²) < 4.78 is 0. The molecule has 2 aromatic heterocycles. The largest absolute Gasteiger partial charge is 0.354 e. The summed E-state index contributed by atoms with van der Waals surface area (Å²) in [7, 11) is 0. The van der Waals surface area contributed by atoms with Gasteiger partial charge in [0.25, 0.3) is 0 Å². The number of nitrogens with zero attached hydrogens (tertiary/aromatic N) is 3. The van der Waals surface area contributed by atoms with E-state index in [1.807, 2.05) is 6.92 Å². The first kappa shape index (κ1) is 14.0. The molecule has 0 aromatic carbocycles. The number of rotatable bonds is 6. The molecule has 0 spiro atoms. The molecule has 0 unspecified atom stereocenters. The molecule has 0 bridgehead atoms. The molecule has 0 radical (unpaired) electrons. The van der Waals surface area contributed by atoms with E-state index in [4.69, 9.17) is 11.6 Å². The summed E-state index contributed by atoms with van der Waals surface area (Å²) in [4.78, 5) is 14.9. The molecule has 0 atom stereocenters. The molecule has 102 valence electrons. The van der Waals surface area contributed by atoms with Gasteiger partial charge in [-0.1, -0.05) is 6.92 Å². The first-order chi connectivity index (χ1) is 9.21. The molecule has 0 fully saturated rings. The lowest BCUT2D eigenvalue weighted by atomic mass is 10.4. The van der Waals surface area contributed by atoms with Crippen LogP contribution in [0.2, 0.25) is 5.28 Å². The van der Waals surface area contributed by atoms with Crippen LogP contribution >= 0.6 is 22.9 Å². The molecular formula is C12H16ClN5S. The van der Waals surface area contributed by atoms with E-state index in [0.717, 1.165) is 13.0 Å². The van der Waals surface area contributed by atoms with Crippen LogP contribution in [0.15, 0.2) is 12.1 Å². The van der Waals surface area contributed by atoms with Crippen molar-refractivity contribution in [2.24, 2.45) is 0 Å². The van der Waals surface area contributed by atoms with Crippen molar-refractivity contribution >= 4 is 34.8 Å². The molecular weight excluding hydrogens is 282 g/mol. The SMILES string of the molecule is CCNc1nc(Cl)nc(NCc2ccc(CC)s2)n1. The summed E-state index contributed by atoms with van der Waals surface area (Å²) in [6, 6.07) is 4.26. The maximum atomic E-state index is 5.85. The third-order valence-corrected chi connectivity index (χ3v) is 3.83. The molecule has 7 heteroatoms. The van der Waals surface area contributed by atoms with E-state index in [-0.39, 0.29) is 5.28 Å². The summed E-state index contributed by atoms with van der Waals surface area (Å²) in [5.41, 5.74) is 0. The zero-order valence-electron chi connectivity index (χ0n) is 10.9. The number of thiophene rings is 1. The van der Waals surface area contributed by atoms with Crippen LogP contribution in [0, 0.1) is 0 Å². The van der Waals surface area contributed by atoms with Gasteiger partial charge in [0.1, 0.15) is 0 Å². The van der Waals surface area contributed by atoms with Gasteiger partial charge in [-0.05, 0) is 37.1 Å². The topological polar surface area (TPSA) is 62.7 Å². The van der Waals surface area contributed by atoms with E-state index < -0.39 is 0 Å². The van der Waals surface area contributed by atoms with Gasteiger partial charge in [0, 0.05) is 16.3 Å². The Morgan fingerprint density at radius 3 is 2.37 bits per heavy atom. The second kappa shape index (κ2) is 6.68. The molecule has 0 aliphatic heterocycles. The summed E-state index contributed by atoms with van der Waals surface area (Å²) >= 11 is 7.64. The number of hydrogen-bond acceptors (Lipinski definition) is 6. The number of aryl methyl sites for hydroxylation is 1. The summed E-state index contributed by atoms with van der Waals surface area (Å²) in [5, 5.41) is 6.37. The summed E-state index contributed by atoms with van der Waals surface area (Å²) in [6.07, 6.45) is 1.06. The van der Waals surface area contributed by atoms with E-state index in [9.17, 15) is 0 Å². The van der Waals surface area contributed by atoms with Crippen LogP contribution in [0.1, 0.15) is 23.6 Å². The monoisotopic (exact) mass is 297 g/mol. The highest BCUT2D eigenvalue weighted by molar-refractivity contribution is 7.12. The molecule has 5 nitrogen and oxygen atoms in total. The number of halogens is 1. The Balaban J connectivity index is 2.02. The molecule has 2 rings (SSSR count). The summed E-state index contributed by atoms with van der Waals surface area (Å²) in [6.45, 7) is 5.56. The zero-order valence-corrected chi connectivity index (χ0v) is 12.5. The second-order valence-electron chi connectivity index (χ2n) is 3.86. The molecule has 0 amide bonds. The average molecular weight is 298 g/mol.